The lowest BCUT2D eigenvalue weighted by molar-refractivity contribution is -0.131. The number of amides is 2. The fourth-order valence-corrected chi connectivity index (χ4v) is 0.821. The van der Waals surface area contributed by atoms with E-state index < -0.39 is 17.4 Å². The van der Waals surface area contributed by atoms with Gasteiger partial charge in [-0.15, -0.1) is 0 Å². The van der Waals surface area contributed by atoms with E-state index in [1.807, 2.05) is 6.07 Å². The first-order chi connectivity index (χ1) is 6.85. The number of nitrogens with one attached hydrogen (secondary N) is 2. The molecule has 0 rings (SSSR count). The number of nitrogens with zero attached hydrogens (tertiary/aromatic N) is 1. The van der Waals surface area contributed by atoms with Gasteiger partial charge in [-0.1, -0.05) is 0 Å². The minimum absolute atomic E-state index is 0.250. The SMILES string of the molecule is CCNC(=O)C(C)NC(=O)C(C)(C)C#N. The highest BCUT2D eigenvalue weighted by atomic mass is 16.2. The summed E-state index contributed by atoms with van der Waals surface area (Å²) >= 11 is 0. The summed E-state index contributed by atoms with van der Waals surface area (Å²) in [7, 11) is 0. The van der Waals surface area contributed by atoms with Crippen LogP contribution in [0.1, 0.15) is 27.7 Å². The van der Waals surface area contributed by atoms with E-state index in [2.05, 4.69) is 10.6 Å². The third-order valence-electron chi connectivity index (χ3n) is 1.94. The summed E-state index contributed by atoms with van der Waals surface area (Å²) in [6, 6.07) is 1.25. The van der Waals surface area contributed by atoms with Gasteiger partial charge in [-0.05, 0) is 27.7 Å². The molecule has 0 bridgehead atoms. The van der Waals surface area contributed by atoms with Gasteiger partial charge in [0, 0.05) is 6.54 Å². The van der Waals surface area contributed by atoms with Gasteiger partial charge >= 0.3 is 0 Å². The number of carbonyl (C=O) groups excluding carboxylic acids is 2. The Labute approximate surface area is 89.8 Å². The Morgan fingerprint density at radius 1 is 1.47 bits per heavy atom. The lowest BCUT2D eigenvalue weighted by Gasteiger charge is -2.19. The van der Waals surface area contributed by atoms with Crippen LogP contribution in [0.2, 0.25) is 0 Å². The van der Waals surface area contributed by atoms with E-state index in [0.717, 1.165) is 0 Å². The van der Waals surface area contributed by atoms with Gasteiger partial charge in [0.15, 0.2) is 0 Å². The molecule has 0 spiro atoms. The predicted octanol–water partition coefficient (Wildman–Crippen LogP) is 0.177. The zero-order valence-electron chi connectivity index (χ0n) is 9.55. The molecule has 0 saturated heterocycles. The molecular formula is C10H17N3O2. The van der Waals surface area contributed by atoms with Gasteiger partial charge in [-0.25, -0.2) is 0 Å². The first-order valence-electron chi connectivity index (χ1n) is 4.85. The number of carbonyl (C=O) groups is 2. The Morgan fingerprint density at radius 2 is 2.00 bits per heavy atom. The summed E-state index contributed by atoms with van der Waals surface area (Å²) in [6.07, 6.45) is 0. The molecule has 0 aromatic rings. The zero-order chi connectivity index (χ0) is 12.1. The van der Waals surface area contributed by atoms with Gasteiger partial charge in [0.25, 0.3) is 0 Å². The van der Waals surface area contributed by atoms with Crippen LogP contribution in [0.25, 0.3) is 0 Å². The fraction of sp³-hybridized carbons (Fsp3) is 0.700. The van der Waals surface area contributed by atoms with E-state index in [-0.39, 0.29) is 5.91 Å². The van der Waals surface area contributed by atoms with E-state index in [1.54, 1.807) is 13.8 Å². The number of likely N-dealkylation sites (N-methyl/N-ethyl adjacent to an activating group) is 1. The van der Waals surface area contributed by atoms with Crippen molar-refractivity contribution in [1.29, 1.82) is 5.26 Å². The molecular weight excluding hydrogens is 194 g/mol. The van der Waals surface area contributed by atoms with Crippen LogP contribution in [-0.2, 0) is 9.59 Å². The largest absolute Gasteiger partial charge is 0.355 e. The van der Waals surface area contributed by atoms with Crippen molar-refractivity contribution >= 4 is 11.8 Å². The van der Waals surface area contributed by atoms with Crippen molar-refractivity contribution in [3.63, 3.8) is 0 Å². The van der Waals surface area contributed by atoms with Crippen LogP contribution >= 0.6 is 0 Å². The molecule has 2 amide bonds. The second-order valence-electron chi connectivity index (χ2n) is 3.83. The second kappa shape index (κ2) is 5.35. The van der Waals surface area contributed by atoms with Crippen molar-refractivity contribution in [2.45, 2.75) is 33.7 Å². The van der Waals surface area contributed by atoms with Crippen LogP contribution in [0.15, 0.2) is 0 Å². The molecule has 0 fully saturated rings. The van der Waals surface area contributed by atoms with Crippen LogP contribution in [-0.4, -0.2) is 24.4 Å². The molecule has 5 nitrogen and oxygen atoms in total. The molecule has 0 aliphatic carbocycles. The molecule has 0 aliphatic rings. The Balaban J connectivity index is 4.32. The van der Waals surface area contributed by atoms with Gasteiger partial charge in [0.1, 0.15) is 11.5 Å². The molecule has 5 heteroatoms. The molecule has 0 aliphatic heterocycles. The topological polar surface area (TPSA) is 82.0 Å². The van der Waals surface area contributed by atoms with Crippen molar-refractivity contribution < 1.29 is 9.59 Å². The monoisotopic (exact) mass is 211 g/mol. The summed E-state index contributed by atoms with van der Waals surface area (Å²) in [6.45, 7) is 6.91. The molecule has 0 heterocycles. The molecule has 0 radical (unpaired) electrons. The third-order valence-corrected chi connectivity index (χ3v) is 1.94. The summed E-state index contributed by atoms with van der Waals surface area (Å²) in [5, 5.41) is 13.8. The maximum atomic E-state index is 11.5. The first kappa shape index (κ1) is 13.4. The van der Waals surface area contributed by atoms with Crippen molar-refractivity contribution in [1.82, 2.24) is 10.6 Å². The van der Waals surface area contributed by atoms with Gasteiger partial charge in [-0.2, -0.15) is 5.26 Å². The maximum Gasteiger partial charge on any atom is 0.242 e. The summed E-state index contributed by atoms with van der Waals surface area (Å²) in [4.78, 5) is 22.8. The van der Waals surface area contributed by atoms with E-state index in [9.17, 15) is 9.59 Å². The molecule has 15 heavy (non-hydrogen) atoms. The molecule has 1 unspecified atom stereocenters. The number of hydrogen-bond acceptors (Lipinski definition) is 3. The number of nitriles is 1. The van der Waals surface area contributed by atoms with Crippen LogP contribution in [0.5, 0.6) is 0 Å². The second-order valence-corrected chi connectivity index (χ2v) is 3.83. The predicted molar refractivity (Wildman–Crippen MR) is 55.7 cm³/mol. The average molecular weight is 211 g/mol. The minimum Gasteiger partial charge on any atom is -0.355 e. The van der Waals surface area contributed by atoms with Crippen LogP contribution in [0.3, 0.4) is 0 Å². The Hall–Kier alpha value is -1.57. The van der Waals surface area contributed by atoms with E-state index in [0.29, 0.717) is 6.54 Å². The quantitative estimate of drug-likeness (QED) is 0.695. The van der Waals surface area contributed by atoms with Crippen molar-refractivity contribution in [2.75, 3.05) is 6.54 Å². The van der Waals surface area contributed by atoms with E-state index in [4.69, 9.17) is 5.26 Å². The standard InChI is InChI=1S/C10H17N3O2/c1-5-12-8(14)7(2)13-9(15)10(3,4)6-11/h7H,5H2,1-4H3,(H,12,14)(H,13,15). The van der Waals surface area contributed by atoms with Gasteiger partial charge < -0.3 is 10.6 Å². The normalized spacial score (nSPS) is 12.5. The first-order valence-corrected chi connectivity index (χ1v) is 4.85. The smallest absolute Gasteiger partial charge is 0.242 e. The number of hydrogen-bond donors (Lipinski definition) is 2. The van der Waals surface area contributed by atoms with Crippen LogP contribution in [0, 0.1) is 16.7 Å². The molecule has 84 valence electrons. The highest BCUT2D eigenvalue weighted by Crippen LogP contribution is 2.12. The lowest BCUT2D eigenvalue weighted by Crippen LogP contribution is -2.48. The van der Waals surface area contributed by atoms with Gasteiger partial charge in [0.05, 0.1) is 6.07 Å². The summed E-state index contributed by atoms with van der Waals surface area (Å²) in [5.41, 5.74) is -1.11. The number of rotatable bonds is 4. The van der Waals surface area contributed by atoms with Crippen LogP contribution in [0.4, 0.5) is 0 Å². The third kappa shape index (κ3) is 3.98. The van der Waals surface area contributed by atoms with E-state index in [1.165, 1.54) is 13.8 Å². The summed E-state index contributed by atoms with van der Waals surface area (Å²) < 4.78 is 0. The highest BCUT2D eigenvalue weighted by molar-refractivity contribution is 5.90. The molecule has 0 aromatic carbocycles. The average Bonchev–Trinajstić information content (AvgIpc) is 2.17. The molecule has 1 atom stereocenters. The molecule has 0 aromatic heterocycles. The Morgan fingerprint density at radius 3 is 2.40 bits per heavy atom. The Kier molecular flexibility index (Phi) is 4.79. The van der Waals surface area contributed by atoms with Crippen molar-refractivity contribution in [2.24, 2.45) is 5.41 Å². The lowest BCUT2D eigenvalue weighted by atomic mass is 9.94. The summed E-state index contributed by atoms with van der Waals surface area (Å²) in [5.74, 6) is -0.691. The zero-order valence-corrected chi connectivity index (χ0v) is 9.55. The van der Waals surface area contributed by atoms with Crippen LogP contribution < -0.4 is 10.6 Å². The maximum absolute atomic E-state index is 11.5. The molecule has 2 N–H and O–H groups in total. The van der Waals surface area contributed by atoms with Crippen molar-refractivity contribution in [3.05, 3.63) is 0 Å². The fourth-order valence-electron chi connectivity index (χ4n) is 0.821. The van der Waals surface area contributed by atoms with Crippen molar-refractivity contribution in [3.8, 4) is 6.07 Å². The van der Waals surface area contributed by atoms with Gasteiger partial charge in [-0.3, -0.25) is 9.59 Å². The Bertz CT molecular complexity index is 292. The van der Waals surface area contributed by atoms with Gasteiger partial charge in [0.2, 0.25) is 11.8 Å². The minimum atomic E-state index is -1.11. The van der Waals surface area contributed by atoms with E-state index >= 15 is 0 Å². The highest BCUT2D eigenvalue weighted by Gasteiger charge is 2.29. The molecule has 0 saturated carbocycles.